The van der Waals surface area contributed by atoms with E-state index >= 15 is 0 Å². The number of aliphatic hydroxyl groups is 2. The van der Waals surface area contributed by atoms with Gasteiger partial charge in [0.2, 0.25) is 17.7 Å². The Morgan fingerprint density at radius 2 is 1.18 bits per heavy atom. The highest BCUT2D eigenvalue weighted by Crippen LogP contribution is 2.34. The number of hydrogen-bond donors (Lipinski definition) is 3. The number of ketones is 1. The third-order valence-electron chi connectivity index (χ3n) is 9.90. The monoisotopic (exact) mass is 833 g/mol. The summed E-state index contributed by atoms with van der Waals surface area (Å²) in [6.45, 7) is 19.8. The number of nitrogens with zero attached hydrogens (tertiary/aromatic N) is 4. The van der Waals surface area contributed by atoms with Crippen LogP contribution in [0.2, 0.25) is 0 Å². The van der Waals surface area contributed by atoms with Crippen LogP contribution in [0.25, 0.3) is 42.7 Å². The number of nitrogens with one attached hydrogen (secondary N) is 1. The van der Waals surface area contributed by atoms with Crippen molar-refractivity contribution in [2.45, 2.75) is 44.8 Å². The fraction of sp³-hybridized carbons (Fsp3) is 0.208. The van der Waals surface area contributed by atoms with Crippen molar-refractivity contribution in [2.24, 2.45) is 5.92 Å². The molecule has 0 aliphatic heterocycles. The lowest BCUT2D eigenvalue weighted by Crippen LogP contribution is -2.40. The summed E-state index contributed by atoms with van der Waals surface area (Å²) in [6, 6.07) is 41.0. The molecule has 0 aliphatic rings. The summed E-state index contributed by atoms with van der Waals surface area (Å²) in [4.78, 5) is 32.1. The maximum Gasteiger partial charge on any atom is 0.247 e. The van der Waals surface area contributed by atoms with Crippen LogP contribution < -0.4 is 5.32 Å². The van der Waals surface area contributed by atoms with E-state index < -0.39 is 18.1 Å². The normalized spacial score (nSPS) is 12.7. The van der Waals surface area contributed by atoms with E-state index in [2.05, 4.69) is 37.0 Å². The summed E-state index contributed by atoms with van der Waals surface area (Å²) in [7, 11) is 1.00. The lowest BCUT2D eigenvalue weighted by atomic mass is 9.90. The van der Waals surface area contributed by atoms with E-state index in [0.717, 1.165) is 45.6 Å². The van der Waals surface area contributed by atoms with Gasteiger partial charge in [-0.05, 0) is 85.5 Å². The van der Waals surface area contributed by atoms with Crippen LogP contribution in [0.4, 0.5) is 11.4 Å². The molecule has 1 heterocycles. The number of carbonyl (C=O) groups is 2. The van der Waals surface area contributed by atoms with Crippen molar-refractivity contribution < 1.29 is 24.2 Å². The van der Waals surface area contributed by atoms with E-state index in [9.17, 15) is 19.8 Å². The van der Waals surface area contributed by atoms with Crippen LogP contribution in [0.3, 0.4) is 0 Å². The average molecular weight is 834 g/mol. The minimum atomic E-state index is -0.888. The Hall–Kier alpha value is -6.46. The van der Waals surface area contributed by atoms with E-state index in [-0.39, 0.29) is 24.2 Å². The van der Waals surface area contributed by atoms with Crippen molar-refractivity contribution in [3.63, 3.8) is 0 Å². The van der Waals surface area contributed by atoms with Crippen molar-refractivity contribution in [1.29, 1.82) is 0 Å². The lowest BCUT2D eigenvalue weighted by molar-refractivity contribution is -0.127. The smallest absolute Gasteiger partial charge is 0.247 e. The molecule has 12 heteroatoms. The van der Waals surface area contributed by atoms with Gasteiger partial charge in [0.1, 0.15) is 0 Å². The molecule has 7 aromatic rings. The molecule has 1 amide bonds. The van der Waals surface area contributed by atoms with E-state index in [0.29, 0.717) is 41.6 Å². The fourth-order valence-corrected chi connectivity index (χ4v) is 6.77. The molecule has 4 atom stereocenters. The first-order chi connectivity index (χ1) is 29.1. The quantitative estimate of drug-likeness (QED) is 0.0630. The maximum absolute atomic E-state index is 12.7. The molecule has 10 nitrogen and oxygen atoms in total. The van der Waals surface area contributed by atoms with Gasteiger partial charge in [0, 0.05) is 11.1 Å². The molecule has 0 bridgehead atoms. The van der Waals surface area contributed by atoms with Crippen LogP contribution in [0.5, 0.6) is 0 Å². The lowest BCUT2D eigenvalue weighted by Gasteiger charge is -2.20. The predicted molar refractivity (Wildman–Crippen MR) is 241 cm³/mol. The van der Waals surface area contributed by atoms with Gasteiger partial charge in [-0.25, -0.2) is 9.69 Å². The average Bonchev–Trinajstić information content (AvgIpc) is 3.77. The molecule has 6 aromatic carbocycles. The third-order valence-corrected chi connectivity index (χ3v) is 9.90. The second kappa shape index (κ2) is 22.1. The van der Waals surface area contributed by atoms with E-state index in [1.54, 1.807) is 44.2 Å². The Balaban J connectivity index is 0.000000214. The van der Waals surface area contributed by atoms with Crippen LogP contribution in [-0.2, 0) is 29.4 Å². The maximum atomic E-state index is 12.7. The first-order valence-corrected chi connectivity index (χ1v) is 21.5. The number of rotatable bonds is 12. The van der Waals surface area contributed by atoms with Gasteiger partial charge in [0.25, 0.3) is 0 Å². The van der Waals surface area contributed by atoms with Crippen molar-refractivity contribution >= 4 is 63.8 Å². The molecule has 0 radical (unpaired) electrons. The van der Waals surface area contributed by atoms with Gasteiger partial charge in [-0.2, -0.15) is 0 Å². The Labute approximate surface area is 356 Å². The van der Waals surface area contributed by atoms with Gasteiger partial charge in [0.05, 0.1) is 43.7 Å². The number of hydrogen-bond acceptors (Lipinski definition) is 8. The van der Waals surface area contributed by atoms with Gasteiger partial charge < -0.3 is 19.9 Å². The first kappa shape index (κ1) is 44.6. The molecular formula is C48H44N5O5PS. The Morgan fingerprint density at radius 3 is 1.68 bits per heavy atom. The number of carbonyl (C=O) groups excluding carboxylic acids is 2. The minimum absolute atomic E-state index is 0.122. The zero-order valence-electron chi connectivity index (χ0n) is 33.4. The Kier molecular flexibility index (Phi) is 16.4. The minimum Gasteiger partial charge on any atom is -0.420 e. The van der Waals surface area contributed by atoms with Crippen molar-refractivity contribution in [2.75, 3.05) is 13.2 Å². The first-order valence-electron chi connectivity index (χ1n) is 19.2. The predicted octanol–water partition coefficient (Wildman–Crippen LogP) is 10.1. The molecular weight excluding hydrogens is 790 g/mol. The van der Waals surface area contributed by atoms with Crippen LogP contribution in [0.15, 0.2) is 138 Å². The molecule has 0 unspecified atom stereocenters. The van der Waals surface area contributed by atoms with Gasteiger partial charge in [-0.15, -0.1) is 10.2 Å². The zero-order valence-corrected chi connectivity index (χ0v) is 35.1. The third kappa shape index (κ3) is 11.4. The molecule has 7 rings (SSSR count). The van der Waals surface area contributed by atoms with Crippen LogP contribution in [0.1, 0.15) is 47.1 Å². The summed E-state index contributed by atoms with van der Waals surface area (Å²) >= 11 is 4.37. The van der Waals surface area contributed by atoms with Crippen LogP contribution in [-0.4, -0.2) is 57.5 Å². The number of amides is 1. The number of aromatic nitrogens is 2. The largest absolute Gasteiger partial charge is 0.420 e. The van der Waals surface area contributed by atoms with Gasteiger partial charge in [-0.3, -0.25) is 9.59 Å². The molecule has 60 heavy (non-hydrogen) atoms. The summed E-state index contributed by atoms with van der Waals surface area (Å²) in [5.74, 6) is -0.757. The highest BCUT2D eigenvalue weighted by Gasteiger charge is 2.27. The standard InChI is InChI=1S/C24H22N2O3.C23H19N3O2.CH3PS/c1-16(27)21(24(29)26-15-23(28)17-8-4-3-5-9-17)14-18-12-13-22(25-2)20-11-7-6-10-19(18)20;1-15(27)20(23-26-25-22(28-23)16-8-4-3-5-9-16)14-17-12-13-21(24-2)19-11-7-6-10-18(17)19;1-2-3/h3-13,16,21,27H,14-15H2,1H3,(H,26,29);3-13,15,20,27H,14H2,1H3;1H3/t16-,21-;15-,20-;/m11./s1. The van der Waals surface area contributed by atoms with Gasteiger partial charge in [0.15, 0.2) is 17.2 Å². The number of Topliss-reactive ketones (excluding diaryl/α,β-unsaturated/α-hetero) is 1. The molecule has 0 spiro atoms. The zero-order chi connectivity index (χ0) is 43.0. The summed E-state index contributed by atoms with van der Waals surface area (Å²) in [6.07, 6.45) is -0.709. The van der Waals surface area contributed by atoms with E-state index in [4.69, 9.17) is 17.6 Å². The Bertz CT molecular complexity index is 2640. The summed E-state index contributed by atoms with van der Waals surface area (Å²) in [5.41, 5.74) is 4.46. The van der Waals surface area contributed by atoms with Crippen molar-refractivity contribution in [1.82, 2.24) is 15.5 Å². The highest BCUT2D eigenvalue weighted by atomic mass is 32.4. The highest BCUT2D eigenvalue weighted by molar-refractivity contribution is 7.96. The molecule has 0 aliphatic carbocycles. The molecule has 0 saturated heterocycles. The Morgan fingerprint density at radius 1 is 0.700 bits per heavy atom. The van der Waals surface area contributed by atoms with Crippen LogP contribution >= 0.6 is 7.36 Å². The number of benzene rings is 6. The van der Waals surface area contributed by atoms with Crippen molar-refractivity contribution in [3.8, 4) is 11.5 Å². The second-order valence-electron chi connectivity index (χ2n) is 13.9. The number of aliphatic hydroxyl groups excluding tert-OH is 2. The fourth-order valence-electron chi connectivity index (χ4n) is 6.77. The molecule has 0 saturated carbocycles. The van der Waals surface area contributed by atoms with Gasteiger partial charge >= 0.3 is 0 Å². The second-order valence-corrected chi connectivity index (χ2v) is 15.4. The molecule has 0 fully saturated rings. The van der Waals surface area contributed by atoms with E-state index in [1.165, 1.54) is 0 Å². The van der Waals surface area contributed by atoms with Gasteiger partial charge in [-0.1, -0.05) is 133 Å². The summed E-state index contributed by atoms with van der Waals surface area (Å²) < 4.78 is 5.89. The number of fused-ring (bicyclic) bond motifs is 2. The summed E-state index contributed by atoms with van der Waals surface area (Å²) in [5, 5.41) is 35.2. The van der Waals surface area contributed by atoms with E-state index in [1.807, 2.05) is 110 Å². The SMILES string of the molecule is CP=S.[C-]#[N+]c1ccc(C[C@@H](C(=O)NCC(=O)c2ccccc2)[C@@H](C)O)c2ccccc12.[C-]#[N+]c1ccc(C[C@@H](c2nnc(-c3ccccc3)o2)[C@@H](C)O)c2ccccc12. The molecule has 3 N–H and O–H groups in total. The topological polar surface area (TPSA) is 134 Å². The van der Waals surface area contributed by atoms with Crippen LogP contribution in [0, 0.1) is 19.1 Å². The van der Waals surface area contributed by atoms with Crippen molar-refractivity contribution in [3.05, 3.63) is 179 Å². The molecule has 1 aromatic heterocycles. The molecule has 302 valence electrons.